The Morgan fingerprint density at radius 2 is 1.83 bits per heavy atom. The average molecular weight is 399 g/mol. The minimum absolute atomic E-state index is 0.260. The predicted molar refractivity (Wildman–Crippen MR) is 111 cm³/mol. The number of rotatable bonds is 9. The first-order valence-corrected chi connectivity index (χ1v) is 10.1. The van der Waals surface area contributed by atoms with Gasteiger partial charge in [0.05, 0.1) is 26.4 Å². The van der Waals surface area contributed by atoms with Crippen molar-refractivity contribution in [2.75, 3.05) is 26.9 Å². The SMILES string of the molecule is CCOc1ccc(C(c2ccccc2OC)N2CCCC2C(=O)O)cc1OCC. The van der Waals surface area contributed by atoms with Crippen LogP contribution in [0, 0.1) is 0 Å². The molecule has 0 saturated carbocycles. The fourth-order valence-electron chi connectivity index (χ4n) is 4.04. The number of hydrogen-bond donors (Lipinski definition) is 1. The van der Waals surface area contributed by atoms with Crippen LogP contribution in [0.2, 0.25) is 0 Å². The summed E-state index contributed by atoms with van der Waals surface area (Å²) in [5, 5.41) is 9.79. The number of carbonyl (C=O) groups is 1. The van der Waals surface area contributed by atoms with Crippen LogP contribution in [0.5, 0.6) is 17.2 Å². The summed E-state index contributed by atoms with van der Waals surface area (Å²) in [6.45, 7) is 5.63. The molecule has 0 amide bonds. The standard InChI is InChI=1S/C23H29NO5/c1-4-28-20-13-12-16(15-21(20)29-5-2)22(17-9-6-7-11-19(17)27-3)24-14-8-10-18(24)23(25)26/h6-7,9,11-13,15,18,22H,4-5,8,10,14H2,1-3H3,(H,25,26). The second kappa shape index (κ2) is 9.65. The van der Waals surface area contributed by atoms with Crippen molar-refractivity contribution < 1.29 is 24.1 Å². The maximum Gasteiger partial charge on any atom is 0.320 e. The van der Waals surface area contributed by atoms with E-state index >= 15 is 0 Å². The summed E-state index contributed by atoms with van der Waals surface area (Å²) >= 11 is 0. The third-order valence-electron chi connectivity index (χ3n) is 5.23. The topological polar surface area (TPSA) is 68.2 Å². The minimum Gasteiger partial charge on any atom is -0.496 e. The van der Waals surface area contributed by atoms with Crippen LogP contribution in [0.4, 0.5) is 0 Å². The van der Waals surface area contributed by atoms with Crippen molar-refractivity contribution in [2.45, 2.75) is 38.8 Å². The summed E-state index contributed by atoms with van der Waals surface area (Å²) in [5.74, 6) is 1.30. The van der Waals surface area contributed by atoms with Crippen molar-refractivity contribution in [1.29, 1.82) is 0 Å². The number of aliphatic carboxylic acids is 1. The van der Waals surface area contributed by atoms with Crippen LogP contribution >= 0.6 is 0 Å². The first-order chi connectivity index (χ1) is 14.1. The Morgan fingerprint density at radius 1 is 1.10 bits per heavy atom. The molecule has 0 aromatic heterocycles. The maximum absolute atomic E-state index is 11.9. The number of carboxylic acids is 1. The van der Waals surface area contributed by atoms with Gasteiger partial charge in [-0.05, 0) is 50.5 Å². The molecule has 6 nitrogen and oxygen atoms in total. The smallest absolute Gasteiger partial charge is 0.320 e. The summed E-state index contributed by atoms with van der Waals surface area (Å²) in [7, 11) is 1.64. The molecule has 0 radical (unpaired) electrons. The van der Waals surface area contributed by atoms with Crippen LogP contribution in [-0.2, 0) is 4.79 Å². The van der Waals surface area contributed by atoms with Crippen LogP contribution in [-0.4, -0.2) is 48.9 Å². The number of carboxylic acid groups (broad SMARTS) is 1. The highest BCUT2D eigenvalue weighted by atomic mass is 16.5. The van der Waals surface area contributed by atoms with Crippen molar-refractivity contribution in [3.8, 4) is 17.2 Å². The molecule has 2 aromatic carbocycles. The van der Waals surface area contributed by atoms with Gasteiger partial charge in [0.25, 0.3) is 0 Å². The summed E-state index contributed by atoms with van der Waals surface area (Å²) in [4.78, 5) is 14.0. The highest BCUT2D eigenvalue weighted by Gasteiger charge is 2.38. The number of hydrogen-bond acceptors (Lipinski definition) is 5. The molecule has 1 fully saturated rings. The molecular weight excluding hydrogens is 370 g/mol. The van der Waals surface area contributed by atoms with Gasteiger partial charge in [-0.3, -0.25) is 9.69 Å². The fraction of sp³-hybridized carbons (Fsp3) is 0.435. The molecule has 1 saturated heterocycles. The Kier molecular flexibility index (Phi) is 6.99. The zero-order valence-corrected chi connectivity index (χ0v) is 17.3. The molecule has 1 heterocycles. The third-order valence-corrected chi connectivity index (χ3v) is 5.23. The van der Waals surface area contributed by atoms with Crippen molar-refractivity contribution in [1.82, 2.24) is 4.90 Å². The van der Waals surface area contributed by atoms with Gasteiger partial charge in [-0.15, -0.1) is 0 Å². The number of methoxy groups -OCH3 is 1. The summed E-state index contributed by atoms with van der Waals surface area (Å²) in [6, 6.07) is 12.8. The molecule has 3 rings (SSSR count). The third kappa shape index (κ3) is 4.48. The van der Waals surface area contributed by atoms with Gasteiger partial charge in [0, 0.05) is 12.1 Å². The largest absolute Gasteiger partial charge is 0.496 e. The van der Waals surface area contributed by atoms with Crippen LogP contribution in [0.1, 0.15) is 43.9 Å². The van der Waals surface area contributed by atoms with Gasteiger partial charge in [-0.1, -0.05) is 24.3 Å². The fourth-order valence-corrected chi connectivity index (χ4v) is 4.04. The van der Waals surface area contributed by atoms with Crippen LogP contribution < -0.4 is 14.2 Å². The molecule has 0 spiro atoms. The van der Waals surface area contributed by atoms with E-state index in [9.17, 15) is 9.90 Å². The number of nitrogens with zero attached hydrogens (tertiary/aromatic N) is 1. The number of likely N-dealkylation sites (tertiary alicyclic amines) is 1. The van der Waals surface area contributed by atoms with Crippen molar-refractivity contribution in [2.24, 2.45) is 0 Å². The van der Waals surface area contributed by atoms with Gasteiger partial charge in [-0.25, -0.2) is 0 Å². The van der Waals surface area contributed by atoms with Gasteiger partial charge in [-0.2, -0.15) is 0 Å². The van der Waals surface area contributed by atoms with E-state index in [1.807, 2.05) is 61.2 Å². The summed E-state index contributed by atoms with van der Waals surface area (Å²) in [5.41, 5.74) is 1.89. The first-order valence-electron chi connectivity index (χ1n) is 10.1. The molecule has 2 unspecified atom stereocenters. The molecule has 1 aliphatic rings. The average Bonchev–Trinajstić information content (AvgIpc) is 3.20. The lowest BCUT2D eigenvalue weighted by Gasteiger charge is -2.33. The first kappa shape index (κ1) is 21.0. The second-order valence-corrected chi connectivity index (χ2v) is 6.95. The molecular formula is C23H29NO5. The minimum atomic E-state index is -0.793. The van der Waals surface area contributed by atoms with E-state index in [1.54, 1.807) is 7.11 Å². The van der Waals surface area contributed by atoms with Gasteiger partial charge >= 0.3 is 5.97 Å². The van der Waals surface area contributed by atoms with Gasteiger partial charge in [0.1, 0.15) is 11.8 Å². The molecule has 0 bridgehead atoms. The lowest BCUT2D eigenvalue weighted by atomic mass is 9.95. The van der Waals surface area contributed by atoms with Crippen LogP contribution in [0.25, 0.3) is 0 Å². The molecule has 2 aromatic rings. The zero-order valence-electron chi connectivity index (χ0n) is 17.3. The highest BCUT2D eigenvalue weighted by Crippen LogP contribution is 2.41. The molecule has 29 heavy (non-hydrogen) atoms. The van der Waals surface area contributed by atoms with E-state index in [4.69, 9.17) is 14.2 Å². The van der Waals surface area contributed by atoms with Gasteiger partial charge < -0.3 is 19.3 Å². The zero-order chi connectivity index (χ0) is 20.8. The normalized spacial score (nSPS) is 17.7. The van der Waals surface area contributed by atoms with E-state index < -0.39 is 12.0 Å². The summed E-state index contributed by atoms with van der Waals surface area (Å²) in [6.07, 6.45) is 1.48. The molecule has 6 heteroatoms. The van der Waals surface area contributed by atoms with Gasteiger partial charge in [0.15, 0.2) is 11.5 Å². The molecule has 2 atom stereocenters. The van der Waals surface area contributed by atoms with E-state index in [-0.39, 0.29) is 6.04 Å². The van der Waals surface area contributed by atoms with Gasteiger partial charge in [0.2, 0.25) is 0 Å². The highest BCUT2D eigenvalue weighted by molar-refractivity contribution is 5.74. The van der Waals surface area contributed by atoms with E-state index in [2.05, 4.69) is 0 Å². The lowest BCUT2D eigenvalue weighted by molar-refractivity contribution is -0.142. The lowest BCUT2D eigenvalue weighted by Crippen LogP contribution is -2.39. The monoisotopic (exact) mass is 399 g/mol. The van der Waals surface area contributed by atoms with Crippen molar-refractivity contribution in [3.05, 3.63) is 53.6 Å². The number of para-hydroxylation sites is 1. The van der Waals surface area contributed by atoms with Crippen LogP contribution in [0.3, 0.4) is 0 Å². The molecule has 156 valence electrons. The predicted octanol–water partition coefficient (Wildman–Crippen LogP) is 4.13. The Bertz CT molecular complexity index is 838. The Morgan fingerprint density at radius 3 is 2.52 bits per heavy atom. The van der Waals surface area contributed by atoms with Crippen molar-refractivity contribution >= 4 is 5.97 Å². The molecule has 0 aliphatic carbocycles. The Hall–Kier alpha value is -2.73. The Labute approximate surface area is 172 Å². The van der Waals surface area contributed by atoms with Crippen molar-refractivity contribution in [3.63, 3.8) is 0 Å². The number of ether oxygens (including phenoxy) is 3. The van der Waals surface area contributed by atoms with E-state index in [0.717, 1.165) is 23.3 Å². The molecule has 1 aliphatic heterocycles. The van der Waals surface area contributed by atoms with Crippen LogP contribution in [0.15, 0.2) is 42.5 Å². The van der Waals surface area contributed by atoms with E-state index in [1.165, 1.54) is 0 Å². The quantitative estimate of drug-likeness (QED) is 0.684. The summed E-state index contributed by atoms with van der Waals surface area (Å²) < 4.78 is 17.1. The maximum atomic E-state index is 11.9. The Balaban J connectivity index is 2.13. The van der Waals surface area contributed by atoms with E-state index in [0.29, 0.717) is 37.7 Å². The second-order valence-electron chi connectivity index (χ2n) is 6.95. The number of benzene rings is 2. The molecule has 1 N–H and O–H groups in total.